The Kier molecular flexibility index (Phi) is 3.39. The van der Waals surface area contributed by atoms with E-state index in [1.807, 2.05) is 0 Å². The van der Waals surface area contributed by atoms with Crippen LogP contribution in [-0.2, 0) is 6.18 Å². The highest BCUT2D eigenvalue weighted by atomic mass is 19.4. The van der Waals surface area contributed by atoms with Gasteiger partial charge < -0.3 is 11.1 Å². The summed E-state index contributed by atoms with van der Waals surface area (Å²) >= 11 is 0. The van der Waals surface area contributed by atoms with Gasteiger partial charge in [-0.25, -0.2) is 0 Å². The van der Waals surface area contributed by atoms with Crippen LogP contribution in [0.3, 0.4) is 0 Å². The molecule has 0 aliphatic heterocycles. The fourth-order valence-corrected chi connectivity index (χ4v) is 1.60. The molecular weight excluding hydrogens is 273 g/mol. The third-order valence-electron chi connectivity index (χ3n) is 2.71. The van der Waals surface area contributed by atoms with E-state index >= 15 is 0 Å². The molecule has 1 amide bonds. The first-order valence-electron chi connectivity index (χ1n) is 5.57. The zero-order chi connectivity index (χ0) is 14.9. The van der Waals surface area contributed by atoms with Crippen LogP contribution in [0.5, 0.6) is 0 Å². The number of aromatic amines is 1. The van der Waals surface area contributed by atoms with Crippen LogP contribution in [0.1, 0.15) is 21.6 Å². The molecule has 0 spiro atoms. The number of H-pyrrole nitrogens is 1. The third-order valence-corrected chi connectivity index (χ3v) is 2.71. The number of nitrogens with one attached hydrogen (secondary N) is 2. The van der Waals surface area contributed by atoms with Gasteiger partial charge in [0, 0.05) is 5.69 Å². The van der Waals surface area contributed by atoms with Crippen molar-refractivity contribution in [2.75, 3.05) is 11.1 Å². The topological polar surface area (TPSA) is 83.8 Å². The molecule has 4 N–H and O–H groups in total. The van der Waals surface area contributed by atoms with E-state index in [1.165, 1.54) is 12.3 Å². The Balaban J connectivity index is 2.30. The summed E-state index contributed by atoms with van der Waals surface area (Å²) in [5.41, 5.74) is 5.35. The SMILES string of the molecule is Cc1ccc(C(F)(F)F)cc1NC(=O)c1[nH]ncc1N. The van der Waals surface area contributed by atoms with Crippen molar-refractivity contribution >= 4 is 17.3 Å². The molecule has 0 aliphatic carbocycles. The highest BCUT2D eigenvalue weighted by Crippen LogP contribution is 2.32. The third kappa shape index (κ3) is 2.73. The molecule has 1 aromatic carbocycles. The first kappa shape index (κ1) is 13.9. The standard InChI is InChI=1S/C12H11F3N4O/c1-6-2-3-7(12(13,14)15)4-9(6)18-11(20)10-8(16)5-17-19-10/h2-5H,16H2,1H3,(H,17,19)(H,18,20). The molecule has 0 saturated carbocycles. The number of carbonyl (C=O) groups is 1. The van der Waals surface area contributed by atoms with Crippen molar-refractivity contribution in [1.29, 1.82) is 0 Å². The van der Waals surface area contributed by atoms with E-state index in [-0.39, 0.29) is 17.1 Å². The summed E-state index contributed by atoms with van der Waals surface area (Å²) in [6.07, 6.45) is -3.23. The molecule has 8 heteroatoms. The lowest BCUT2D eigenvalue weighted by atomic mass is 10.1. The van der Waals surface area contributed by atoms with Gasteiger partial charge in [0.1, 0.15) is 5.69 Å². The van der Waals surface area contributed by atoms with Gasteiger partial charge in [0.05, 0.1) is 17.4 Å². The molecule has 2 aromatic rings. The van der Waals surface area contributed by atoms with E-state index in [1.54, 1.807) is 6.92 Å². The number of rotatable bonds is 2. The van der Waals surface area contributed by atoms with Gasteiger partial charge >= 0.3 is 6.18 Å². The fraction of sp³-hybridized carbons (Fsp3) is 0.167. The Morgan fingerprint density at radius 1 is 1.40 bits per heavy atom. The average Bonchev–Trinajstić information content (AvgIpc) is 2.77. The van der Waals surface area contributed by atoms with E-state index in [0.717, 1.165) is 12.1 Å². The minimum absolute atomic E-state index is 0.00168. The zero-order valence-corrected chi connectivity index (χ0v) is 10.4. The van der Waals surface area contributed by atoms with Crippen molar-refractivity contribution in [2.24, 2.45) is 0 Å². The van der Waals surface area contributed by atoms with Crippen molar-refractivity contribution in [2.45, 2.75) is 13.1 Å². The number of halogens is 3. The van der Waals surface area contributed by atoms with Crippen molar-refractivity contribution in [3.8, 4) is 0 Å². The van der Waals surface area contributed by atoms with Crippen LogP contribution in [0, 0.1) is 6.92 Å². The molecule has 2 rings (SSSR count). The number of nitrogen functional groups attached to an aromatic ring is 1. The first-order chi connectivity index (χ1) is 9.29. The molecule has 0 saturated heterocycles. The Morgan fingerprint density at radius 2 is 2.10 bits per heavy atom. The second-order valence-corrected chi connectivity index (χ2v) is 4.18. The lowest BCUT2D eigenvalue weighted by molar-refractivity contribution is -0.137. The normalized spacial score (nSPS) is 11.4. The number of anilines is 2. The molecule has 106 valence electrons. The summed E-state index contributed by atoms with van der Waals surface area (Å²) in [6.45, 7) is 1.59. The van der Waals surface area contributed by atoms with Gasteiger partial charge in [-0.05, 0) is 24.6 Å². The zero-order valence-electron chi connectivity index (χ0n) is 10.4. The maximum atomic E-state index is 12.6. The van der Waals surface area contributed by atoms with Crippen LogP contribution in [-0.4, -0.2) is 16.1 Å². The van der Waals surface area contributed by atoms with Gasteiger partial charge in [0.25, 0.3) is 5.91 Å². The number of amides is 1. The lowest BCUT2D eigenvalue weighted by Crippen LogP contribution is -2.16. The number of hydrogen-bond donors (Lipinski definition) is 3. The van der Waals surface area contributed by atoms with Gasteiger partial charge in [0.2, 0.25) is 0 Å². The number of alkyl halides is 3. The van der Waals surface area contributed by atoms with Crippen LogP contribution in [0.2, 0.25) is 0 Å². The molecule has 20 heavy (non-hydrogen) atoms. The maximum absolute atomic E-state index is 12.6. The minimum Gasteiger partial charge on any atom is -0.396 e. The van der Waals surface area contributed by atoms with E-state index in [4.69, 9.17) is 5.73 Å². The summed E-state index contributed by atoms with van der Waals surface area (Å²) in [5, 5.41) is 8.33. The molecule has 0 radical (unpaired) electrons. The lowest BCUT2D eigenvalue weighted by Gasteiger charge is -2.12. The molecule has 5 nitrogen and oxygen atoms in total. The average molecular weight is 284 g/mol. The molecule has 0 aliphatic rings. The van der Waals surface area contributed by atoms with Crippen molar-refractivity contribution in [3.05, 3.63) is 41.2 Å². The summed E-state index contributed by atoms with van der Waals surface area (Å²) in [5.74, 6) is -0.651. The smallest absolute Gasteiger partial charge is 0.396 e. The molecule has 1 aromatic heterocycles. The van der Waals surface area contributed by atoms with Gasteiger partial charge in [-0.15, -0.1) is 0 Å². The Morgan fingerprint density at radius 3 is 2.65 bits per heavy atom. The summed E-state index contributed by atoms with van der Waals surface area (Å²) < 4.78 is 37.9. The van der Waals surface area contributed by atoms with Gasteiger partial charge in [-0.3, -0.25) is 9.89 Å². The second-order valence-electron chi connectivity index (χ2n) is 4.18. The number of nitrogens with two attached hydrogens (primary N) is 1. The Labute approximate surface area is 112 Å². The van der Waals surface area contributed by atoms with Crippen LogP contribution in [0.4, 0.5) is 24.5 Å². The predicted molar refractivity (Wildman–Crippen MR) is 67.1 cm³/mol. The predicted octanol–water partition coefficient (Wildman–Crippen LogP) is 2.57. The van der Waals surface area contributed by atoms with E-state index in [0.29, 0.717) is 5.56 Å². The van der Waals surface area contributed by atoms with Crippen LogP contribution < -0.4 is 11.1 Å². The molecule has 0 fully saturated rings. The highest BCUT2D eigenvalue weighted by Gasteiger charge is 2.31. The minimum atomic E-state index is -4.47. The molecule has 0 atom stereocenters. The van der Waals surface area contributed by atoms with E-state index in [2.05, 4.69) is 15.5 Å². The van der Waals surface area contributed by atoms with Crippen LogP contribution >= 0.6 is 0 Å². The second kappa shape index (κ2) is 4.87. The number of benzene rings is 1. The van der Waals surface area contributed by atoms with E-state index in [9.17, 15) is 18.0 Å². The van der Waals surface area contributed by atoms with Crippen LogP contribution in [0.15, 0.2) is 24.4 Å². The fourth-order valence-electron chi connectivity index (χ4n) is 1.60. The molecule has 1 heterocycles. The quantitative estimate of drug-likeness (QED) is 0.792. The highest BCUT2D eigenvalue weighted by molar-refractivity contribution is 6.06. The summed E-state index contributed by atoms with van der Waals surface area (Å²) in [4.78, 5) is 11.9. The van der Waals surface area contributed by atoms with Crippen molar-refractivity contribution in [1.82, 2.24) is 10.2 Å². The molecule has 0 unspecified atom stereocenters. The molecular formula is C12H11F3N4O. The van der Waals surface area contributed by atoms with Crippen molar-refractivity contribution in [3.63, 3.8) is 0 Å². The maximum Gasteiger partial charge on any atom is 0.416 e. The van der Waals surface area contributed by atoms with Gasteiger partial charge in [-0.2, -0.15) is 18.3 Å². The monoisotopic (exact) mass is 284 g/mol. The van der Waals surface area contributed by atoms with E-state index < -0.39 is 17.6 Å². The summed E-state index contributed by atoms with van der Waals surface area (Å²) in [7, 11) is 0. The van der Waals surface area contributed by atoms with Gasteiger partial charge in [0.15, 0.2) is 0 Å². The number of aryl methyl sites for hydroxylation is 1. The number of carbonyl (C=O) groups excluding carboxylic acids is 1. The van der Waals surface area contributed by atoms with Crippen molar-refractivity contribution < 1.29 is 18.0 Å². The number of nitrogens with zero attached hydrogens (tertiary/aromatic N) is 1. The Bertz CT molecular complexity index is 648. The largest absolute Gasteiger partial charge is 0.416 e. The first-order valence-corrected chi connectivity index (χ1v) is 5.57. The Hall–Kier alpha value is -2.51. The molecule has 0 bridgehead atoms. The van der Waals surface area contributed by atoms with Gasteiger partial charge in [-0.1, -0.05) is 6.07 Å². The van der Waals surface area contributed by atoms with Crippen LogP contribution in [0.25, 0.3) is 0 Å². The summed E-state index contributed by atoms with van der Waals surface area (Å²) in [6, 6.07) is 3.12. The number of aromatic nitrogens is 2. The number of hydrogen-bond acceptors (Lipinski definition) is 3.